The largest absolute Gasteiger partial charge is 0.369 e. The molecule has 6 heteroatoms. The number of carbonyl (C=O) groups excluding carboxylic acids is 1. The van der Waals surface area contributed by atoms with Gasteiger partial charge in [0.2, 0.25) is 5.91 Å². The molecule has 0 aromatic heterocycles. The SMILES string of the molecule is CC(CC(N)=O)=NNC(=S)Nc1ccc(C)cc1. The van der Waals surface area contributed by atoms with Gasteiger partial charge in [-0.1, -0.05) is 17.7 Å². The first kappa shape index (κ1) is 14.1. The van der Waals surface area contributed by atoms with Crippen LogP contribution in [0.15, 0.2) is 29.4 Å². The Bertz CT molecular complexity index is 467. The fourth-order valence-corrected chi connectivity index (χ4v) is 1.40. The van der Waals surface area contributed by atoms with Crippen molar-refractivity contribution in [2.75, 3.05) is 5.32 Å². The van der Waals surface area contributed by atoms with Gasteiger partial charge in [-0.25, -0.2) is 0 Å². The topological polar surface area (TPSA) is 79.5 Å². The van der Waals surface area contributed by atoms with Crippen molar-refractivity contribution in [3.63, 3.8) is 0 Å². The molecule has 96 valence electrons. The molecule has 5 nitrogen and oxygen atoms in total. The number of anilines is 1. The van der Waals surface area contributed by atoms with Crippen LogP contribution in [0.5, 0.6) is 0 Å². The molecule has 0 unspecified atom stereocenters. The van der Waals surface area contributed by atoms with Gasteiger partial charge in [0.05, 0.1) is 6.42 Å². The quantitative estimate of drug-likeness (QED) is 0.438. The third kappa shape index (κ3) is 5.40. The molecular formula is C12H16N4OS. The van der Waals surface area contributed by atoms with Crippen molar-refractivity contribution in [2.45, 2.75) is 20.3 Å². The van der Waals surface area contributed by atoms with Gasteiger partial charge in [-0.3, -0.25) is 10.2 Å². The Morgan fingerprint density at radius 1 is 1.39 bits per heavy atom. The van der Waals surface area contributed by atoms with Crippen molar-refractivity contribution in [3.05, 3.63) is 29.8 Å². The summed E-state index contributed by atoms with van der Waals surface area (Å²) in [6.07, 6.45) is 0.111. The van der Waals surface area contributed by atoms with Gasteiger partial charge in [0, 0.05) is 11.4 Å². The average Bonchev–Trinajstić information content (AvgIpc) is 2.29. The van der Waals surface area contributed by atoms with Crippen LogP contribution in [0.2, 0.25) is 0 Å². The van der Waals surface area contributed by atoms with Crippen LogP contribution >= 0.6 is 12.2 Å². The number of carbonyl (C=O) groups is 1. The number of rotatable bonds is 4. The van der Waals surface area contributed by atoms with Crippen LogP contribution in [0, 0.1) is 6.92 Å². The lowest BCUT2D eigenvalue weighted by Crippen LogP contribution is -2.25. The van der Waals surface area contributed by atoms with Crippen LogP contribution in [0.1, 0.15) is 18.9 Å². The highest BCUT2D eigenvalue weighted by atomic mass is 32.1. The van der Waals surface area contributed by atoms with E-state index < -0.39 is 5.91 Å². The molecule has 0 saturated carbocycles. The van der Waals surface area contributed by atoms with E-state index in [1.165, 1.54) is 5.56 Å². The molecule has 4 N–H and O–H groups in total. The van der Waals surface area contributed by atoms with Crippen molar-refractivity contribution in [1.29, 1.82) is 0 Å². The Kier molecular flexibility index (Phi) is 5.26. The number of aryl methyl sites for hydroxylation is 1. The van der Waals surface area contributed by atoms with Gasteiger partial charge < -0.3 is 11.1 Å². The summed E-state index contributed by atoms with van der Waals surface area (Å²) in [6, 6.07) is 7.80. The van der Waals surface area contributed by atoms with Crippen LogP contribution in [-0.2, 0) is 4.79 Å². The average molecular weight is 264 g/mol. The molecule has 1 aromatic rings. The third-order valence-corrected chi connectivity index (χ3v) is 2.28. The fraction of sp³-hybridized carbons (Fsp3) is 0.250. The minimum atomic E-state index is -0.421. The molecule has 1 amide bonds. The number of benzene rings is 1. The van der Waals surface area contributed by atoms with E-state index in [2.05, 4.69) is 15.8 Å². The number of nitrogens with one attached hydrogen (secondary N) is 2. The van der Waals surface area contributed by atoms with Crippen molar-refractivity contribution >= 4 is 34.6 Å². The molecule has 0 radical (unpaired) electrons. The molecule has 1 aromatic carbocycles. The van der Waals surface area contributed by atoms with Crippen LogP contribution < -0.4 is 16.5 Å². The molecular weight excluding hydrogens is 248 g/mol. The predicted octanol–water partition coefficient (Wildman–Crippen LogP) is 1.53. The number of primary amides is 1. The number of amides is 1. The standard InChI is InChI=1S/C12H16N4OS/c1-8-3-5-10(6-4-8)14-12(18)16-15-9(2)7-11(13)17/h3-6H,7H2,1-2H3,(H2,13,17)(H2,14,16,18). The Hall–Kier alpha value is -1.95. The minimum absolute atomic E-state index is 0.111. The van der Waals surface area contributed by atoms with E-state index in [4.69, 9.17) is 18.0 Å². The molecule has 0 aliphatic rings. The summed E-state index contributed by atoms with van der Waals surface area (Å²) in [5.74, 6) is -0.421. The molecule has 0 heterocycles. The van der Waals surface area contributed by atoms with E-state index in [1.807, 2.05) is 31.2 Å². The second kappa shape index (κ2) is 6.70. The molecule has 0 spiro atoms. The Balaban J connectivity index is 2.47. The number of thiocarbonyl (C=S) groups is 1. The first-order chi connectivity index (χ1) is 8.47. The number of hydrogen-bond acceptors (Lipinski definition) is 3. The Labute approximate surface area is 111 Å². The maximum Gasteiger partial charge on any atom is 0.223 e. The van der Waals surface area contributed by atoms with Gasteiger partial charge >= 0.3 is 0 Å². The highest BCUT2D eigenvalue weighted by Crippen LogP contribution is 2.08. The lowest BCUT2D eigenvalue weighted by molar-refractivity contribution is -0.116. The van der Waals surface area contributed by atoms with Gasteiger partial charge in [-0.2, -0.15) is 5.10 Å². The zero-order valence-corrected chi connectivity index (χ0v) is 11.2. The molecule has 18 heavy (non-hydrogen) atoms. The summed E-state index contributed by atoms with van der Waals surface area (Å²) in [4.78, 5) is 10.6. The highest BCUT2D eigenvalue weighted by Gasteiger charge is 1.99. The normalized spacial score (nSPS) is 10.9. The van der Waals surface area contributed by atoms with Gasteiger partial charge in [0.1, 0.15) is 0 Å². The first-order valence-electron chi connectivity index (χ1n) is 5.42. The molecule has 0 aliphatic heterocycles. The van der Waals surface area contributed by atoms with Crippen LogP contribution in [-0.4, -0.2) is 16.7 Å². The van der Waals surface area contributed by atoms with E-state index in [-0.39, 0.29) is 6.42 Å². The second-order valence-corrected chi connectivity index (χ2v) is 4.33. The maximum atomic E-state index is 10.6. The molecule has 1 rings (SSSR count). The van der Waals surface area contributed by atoms with Crippen LogP contribution in [0.25, 0.3) is 0 Å². The summed E-state index contributed by atoms with van der Waals surface area (Å²) in [5, 5.41) is 7.28. The van der Waals surface area contributed by atoms with Gasteiger partial charge in [-0.15, -0.1) is 0 Å². The van der Waals surface area contributed by atoms with Gasteiger partial charge in [-0.05, 0) is 38.2 Å². The third-order valence-electron chi connectivity index (χ3n) is 2.09. The first-order valence-corrected chi connectivity index (χ1v) is 5.83. The fourth-order valence-electron chi connectivity index (χ4n) is 1.23. The minimum Gasteiger partial charge on any atom is -0.369 e. The van der Waals surface area contributed by atoms with Crippen molar-refractivity contribution in [2.24, 2.45) is 10.8 Å². The zero-order valence-electron chi connectivity index (χ0n) is 10.4. The number of nitrogens with zero attached hydrogens (tertiary/aromatic N) is 1. The highest BCUT2D eigenvalue weighted by molar-refractivity contribution is 7.80. The summed E-state index contributed by atoms with van der Waals surface area (Å²) < 4.78 is 0. The Morgan fingerprint density at radius 3 is 2.56 bits per heavy atom. The number of hydrazone groups is 1. The monoisotopic (exact) mass is 264 g/mol. The molecule has 0 atom stereocenters. The van der Waals surface area contributed by atoms with Gasteiger partial charge in [0.25, 0.3) is 0 Å². The molecule has 0 aliphatic carbocycles. The van der Waals surface area contributed by atoms with Crippen molar-refractivity contribution in [1.82, 2.24) is 5.43 Å². The van der Waals surface area contributed by atoms with Crippen LogP contribution in [0.4, 0.5) is 5.69 Å². The summed E-state index contributed by atoms with van der Waals surface area (Å²) >= 11 is 5.06. The van der Waals surface area contributed by atoms with Crippen LogP contribution in [0.3, 0.4) is 0 Å². The molecule has 0 bridgehead atoms. The van der Waals surface area contributed by atoms with E-state index in [0.717, 1.165) is 5.69 Å². The summed E-state index contributed by atoms with van der Waals surface area (Å²) in [7, 11) is 0. The maximum absolute atomic E-state index is 10.6. The number of nitrogens with two attached hydrogens (primary N) is 1. The van der Waals surface area contributed by atoms with E-state index in [1.54, 1.807) is 6.92 Å². The van der Waals surface area contributed by atoms with E-state index >= 15 is 0 Å². The Morgan fingerprint density at radius 2 is 2.00 bits per heavy atom. The van der Waals surface area contributed by atoms with Gasteiger partial charge in [0.15, 0.2) is 5.11 Å². The van der Waals surface area contributed by atoms with Crippen molar-refractivity contribution < 1.29 is 4.79 Å². The lowest BCUT2D eigenvalue weighted by atomic mass is 10.2. The molecule has 0 saturated heterocycles. The summed E-state index contributed by atoms with van der Waals surface area (Å²) in [6.45, 7) is 3.71. The summed E-state index contributed by atoms with van der Waals surface area (Å²) in [5.41, 5.74) is 10.3. The lowest BCUT2D eigenvalue weighted by Gasteiger charge is -2.07. The molecule has 0 fully saturated rings. The smallest absolute Gasteiger partial charge is 0.223 e. The second-order valence-electron chi connectivity index (χ2n) is 3.92. The van der Waals surface area contributed by atoms with E-state index in [0.29, 0.717) is 10.8 Å². The number of hydrogen-bond donors (Lipinski definition) is 3. The van der Waals surface area contributed by atoms with E-state index in [9.17, 15) is 4.79 Å². The predicted molar refractivity (Wildman–Crippen MR) is 77.5 cm³/mol. The zero-order chi connectivity index (χ0) is 13.5. The van der Waals surface area contributed by atoms with Crippen molar-refractivity contribution in [3.8, 4) is 0 Å².